The van der Waals surface area contributed by atoms with Crippen molar-refractivity contribution >= 4 is 5.91 Å². The van der Waals surface area contributed by atoms with Gasteiger partial charge in [-0.15, -0.1) is 0 Å². The van der Waals surface area contributed by atoms with Crippen LogP contribution in [0, 0.1) is 5.92 Å². The van der Waals surface area contributed by atoms with Crippen LogP contribution in [0.15, 0.2) is 0 Å². The van der Waals surface area contributed by atoms with Crippen molar-refractivity contribution in [3.05, 3.63) is 0 Å². The lowest BCUT2D eigenvalue weighted by atomic mass is 10.0. The Kier molecular flexibility index (Phi) is 5.92. The average Bonchev–Trinajstić information content (AvgIpc) is 2.28. The molecular formula is C13H26N2O2. The zero-order valence-electron chi connectivity index (χ0n) is 11.3. The van der Waals surface area contributed by atoms with Crippen LogP contribution in [0.5, 0.6) is 0 Å². The van der Waals surface area contributed by atoms with E-state index in [1.54, 1.807) is 0 Å². The van der Waals surface area contributed by atoms with Gasteiger partial charge in [0.05, 0.1) is 12.1 Å². The number of hydrogen-bond donors (Lipinski definition) is 1. The quantitative estimate of drug-likeness (QED) is 0.792. The summed E-state index contributed by atoms with van der Waals surface area (Å²) in [4.78, 5) is 14.0. The molecule has 1 heterocycles. The van der Waals surface area contributed by atoms with Crippen LogP contribution in [0.4, 0.5) is 0 Å². The number of amides is 1. The first-order chi connectivity index (χ1) is 8.04. The summed E-state index contributed by atoms with van der Waals surface area (Å²) in [5.41, 5.74) is 5.94. The number of nitrogens with two attached hydrogens (primary N) is 1. The van der Waals surface area contributed by atoms with E-state index in [0.717, 1.165) is 25.8 Å². The molecule has 100 valence electrons. The molecule has 0 aromatic carbocycles. The summed E-state index contributed by atoms with van der Waals surface area (Å²) in [5, 5.41) is 0. The van der Waals surface area contributed by atoms with Crippen LogP contribution < -0.4 is 5.73 Å². The number of hydrogen-bond acceptors (Lipinski definition) is 3. The van der Waals surface area contributed by atoms with Gasteiger partial charge in [0, 0.05) is 19.7 Å². The minimum absolute atomic E-state index is 0.0862. The molecule has 4 nitrogen and oxygen atoms in total. The van der Waals surface area contributed by atoms with Gasteiger partial charge in [0.25, 0.3) is 0 Å². The smallest absolute Gasteiger partial charge is 0.239 e. The Bertz CT molecular complexity index is 242. The highest BCUT2D eigenvalue weighted by Crippen LogP contribution is 2.15. The molecule has 0 aromatic heterocycles. The van der Waals surface area contributed by atoms with E-state index in [0.29, 0.717) is 19.1 Å². The lowest BCUT2D eigenvalue weighted by Crippen LogP contribution is -2.50. The molecule has 0 radical (unpaired) electrons. The molecule has 0 spiro atoms. The maximum atomic E-state index is 12.1. The van der Waals surface area contributed by atoms with E-state index in [2.05, 4.69) is 13.8 Å². The minimum atomic E-state index is -0.352. The molecule has 2 atom stereocenters. The SMILES string of the molecule is CCOC1CCCN(C(=O)[C@H](N)CC(C)C)C1. The first-order valence-electron chi connectivity index (χ1n) is 6.70. The number of rotatable bonds is 5. The predicted molar refractivity (Wildman–Crippen MR) is 68.7 cm³/mol. The second kappa shape index (κ2) is 6.97. The van der Waals surface area contributed by atoms with Crippen LogP contribution >= 0.6 is 0 Å². The molecule has 0 aliphatic carbocycles. The van der Waals surface area contributed by atoms with Gasteiger partial charge >= 0.3 is 0 Å². The largest absolute Gasteiger partial charge is 0.377 e. The zero-order valence-corrected chi connectivity index (χ0v) is 11.3. The third-order valence-electron chi connectivity index (χ3n) is 3.13. The summed E-state index contributed by atoms with van der Waals surface area (Å²) in [7, 11) is 0. The number of carbonyl (C=O) groups is 1. The van der Waals surface area contributed by atoms with E-state index in [4.69, 9.17) is 10.5 Å². The van der Waals surface area contributed by atoms with Crippen LogP contribution in [-0.2, 0) is 9.53 Å². The number of likely N-dealkylation sites (tertiary alicyclic amines) is 1. The van der Waals surface area contributed by atoms with Crippen molar-refractivity contribution in [3.8, 4) is 0 Å². The van der Waals surface area contributed by atoms with Gasteiger partial charge in [0.1, 0.15) is 0 Å². The van der Waals surface area contributed by atoms with Crippen LogP contribution in [0.3, 0.4) is 0 Å². The minimum Gasteiger partial charge on any atom is -0.377 e. The molecule has 1 aliphatic heterocycles. The summed E-state index contributed by atoms with van der Waals surface area (Å²) >= 11 is 0. The van der Waals surface area contributed by atoms with Gasteiger partial charge in [-0.25, -0.2) is 0 Å². The van der Waals surface area contributed by atoms with Crippen LogP contribution in [0.2, 0.25) is 0 Å². The van der Waals surface area contributed by atoms with Crippen molar-refractivity contribution in [2.45, 2.75) is 52.2 Å². The van der Waals surface area contributed by atoms with E-state index >= 15 is 0 Å². The zero-order chi connectivity index (χ0) is 12.8. The van der Waals surface area contributed by atoms with Crippen LogP contribution in [0.25, 0.3) is 0 Å². The second-order valence-electron chi connectivity index (χ2n) is 5.24. The van der Waals surface area contributed by atoms with Crippen molar-refractivity contribution in [1.29, 1.82) is 0 Å². The standard InChI is InChI=1S/C13H26N2O2/c1-4-17-11-6-5-7-15(9-11)13(16)12(14)8-10(2)3/h10-12H,4-9,14H2,1-3H3/t11?,12-/m1/s1. The van der Waals surface area contributed by atoms with Gasteiger partial charge in [0.15, 0.2) is 0 Å². The van der Waals surface area contributed by atoms with Crippen LogP contribution in [-0.4, -0.2) is 42.6 Å². The Labute approximate surface area is 104 Å². The average molecular weight is 242 g/mol. The third kappa shape index (κ3) is 4.64. The fourth-order valence-corrected chi connectivity index (χ4v) is 2.35. The lowest BCUT2D eigenvalue weighted by Gasteiger charge is -2.34. The normalized spacial score (nSPS) is 22.9. The fourth-order valence-electron chi connectivity index (χ4n) is 2.35. The molecule has 17 heavy (non-hydrogen) atoms. The topological polar surface area (TPSA) is 55.6 Å². The third-order valence-corrected chi connectivity index (χ3v) is 3.13. The van der Waals surface area contributed by atoms with Crippen molar-refractivity contribution in [2.75, 3.05) is 19.7 Å². The van der Waals surface area contributed by atoms with Crippen molar-refractivity contribution in [2.24, 2.45) is 11.7 Å². The molecule has 1 aliphatic rings. The summed E-state index contributed by atoms with van der Waals surface area (Å²) in [6.45, 7) is 8.42. The molecule has 1 saturated heterocycles. The van der Waals surface area contributed by atoms with E-state index in [-0.39, 0.29) is 18.1 Å². The second-order valence-corrected chi connectivity index (χ2v) is 5.24. The molecule has 2 N–H and O–H groups in total. The summed E-state index contributed by atoms with van der Waals surface area (Å²) in [6.07, 6.45) is 3.03. The number of ether oxygens (including phenoxy) is 1. The van der Waals surface area contributed by atoms with E-state index in [1.807, 2.05) is 11.8 Å². The molecule has 0 bridgehead atoms. The van der Waals surface area contributed by atoms with Gasteiger partial charge in [-0.3, -0.25) is 4.79 Å². The first-order valence-corrected chi connectivity index (χ1v) is 6.70. The van der Waals surface area contributed by atoms with Crippen LogP contribution in [0.1, 0.15) is 40.0 Å². The Morgan fingerprint density at radius 2 is 2.24 bits per heavy atom. The maximum Gasteiger partial charge on any atom is 0.239 e. The van der Waals surface area contributed by atoms with Crippen molar-refractivity contribution < 1.29 is 9.53 Å². The van der Waals surface area contributed by atoms with Gasteiger partial charge in [0.2, 0.25) is 5.91 Å². The maximum absolute atomic E-state index is 12.1. The predicted octanol–water partition coefficient (Wildman–Crippen LogP) is 1.39. The van der Waals surface area contributed by atoms with Crippen molar-refractivity contribution in [1.82, 2.24) is 4.90 Å². The monoisotopic (exact) mass is 242 g/mol. The molecular weight excluding hydrogens is 216 g/mol. The summed E-state index contributed by atoms with van der Waals surface area (Å²) in [6, 6.07) is -0.352. The molecule has 1 unspecified atom stereocenters. The molecule has 4 heteroatoms. The Hall–Kier alpha value is -0.610. The van der Waals surface area contributed by atoms with E-state index < -0.39 is 0 Å². The Morgan fingerprint density at radius 1 is 1.53 bits per heavy atom. The summed E-state index contributed by atoms with van der Waals surface area (Å²) < 4.78 is 5.59. The van der Waals surface area contributed by atoms with E-state index in [1.165, 1.54) is 0 Å². The van der Waals surface area contributed by atoms with Crippen molar-refractivity contribution in [3.63, 3.8) is 0 Å². The number of carbonyl (C=O) groups excluding carboxylic acids is 1. The number of piperidine rings is 1. The Morgan fingerprint density at radius 3 is 2.82 bits per heavy atom. The summed E-state index contributed by atoms with van der Waals surface area (Å²) in [5.74, 6) is 0.546. The molecule has 0 saturated carbocycles. The highest BCUT2D eigenvalue weighted by molar-refractivity contribution is 5.81. The van der Waals surface area contributed by atoms with Gasteiger partial charge in [-0.1, -0.05) is 13.8 Å². The Balaban J connectivity index is 2.45. The van der Waals surface area contributed by atoms with E-state index in [9.17, 15) is 4.79 Å². The fraction of sp³-hybridized carbons (Fsp3) is 0.923. The molecule has 1 fully saturated rings. The van der Waals surface area contributed by atoms with Gasteiger partial charge in [-0.2, -0.15) is 0 Å². The molecule has 1 amide bonds. The molecule has 1 rings (SSSR count). The molecule has 0 aromatic rings. The highest BCUT2D eigenvalue weighted by atomic mass is 16.5. The lowest BCUT2D eigenvalue weighted by molar-refractivity contribution is -0.137. The van der Waals surface area contributed by atoms with Gasteiger partial charge < -0.3 is 15.4 Å². The van der Waals surface area contributed by atoms with Gasteiger partial charge in [-0.05, 0) is 32.1 Å². The number of nitrogens with zero attached hydrogens (tertiary/aromatic N) is 1. The first kappa shape index (κ1) is 14.5. The highest BCUT2D eigenvalue weighted by Gasteiger charge is 2.27.